The standard InChI is InChI=1S/C21H28ClNO4/c1-11(2)26-20(24)17-13(5)23-14(6)18(21(25)27-12(3)4)19(17)15-9-7-8-10-16(15)22/h7-13,17,19,23H,1-6H3. The first-order valence-electron chi connectivity index (χ1n) is 9.26. The molecule has 0 spiro atoms. The smallest absolute Gasteiger partial charge is 0.336 e. The Balaban J connectivity index is 2.61. The molecule has 0 fully saturated rings. The Morgan fingerprint density at radius 3 is 2.22 bits per heavy atom. The van der Waals surface area contributed by atoms with Crippen molar-refractivity contribution in [3.8, 4) is 0 Å². The van der Waals surface area contributed by atoms with Crippen molar-refractivity contribution in [2.45, 2.75) is 65.7 Å². The molecule has 1 aliphatic rings. The lowest BCUT2D eigenvalue weighted by atomic mass is 9.73. The van der Waals surface area contributed by atoms with Crippen LogP contribution in [0.4, 0.5) is 0 Å². The van der Waals surface area contributed by atoms with E-state index in [1.165, 1.54) is 0 Å². The van der Waals surface area contributed by atoms with Gasteiger partial charge in [-0.1, -0.05) is 29.8 Å². The monoisotopic (exact) mass is 393 g/mol. The third-order valence-electron chi connectivity index (χ3n) is 4.48. The molecule has 0 aliphatic carbocycles. The van der Waals surface area contributed by atoms with Gasteiger partial charge in [0, 0.05) is 22.7 Å². The number of hydrogen-bond acceptors (Lipinski definition) is 5. The van der Waals surface area contributed by atoms with Crippen LogP contribution in [0.1, 0.15) is 53.0 Å². The number of hydrogen-bond donors (Lipinski definition) is 1. The summed E-state index contributed by atoms with van der Waals surface area (Å²) in [4.78, 5) is 25.8. The molecule has 0 aromatic heterocycles. The zero-order valence-electron chi connectivity index (χ0n) is 16.7. The van der Waals surface area contributed by atoms with E-state index in [1.807, 2.05) is 32.0 Å². The van der Waals surface area contributed by atoms with E-state index in [1.54, 1.807) is 33.8 Å². The average molecular weight is 394 g/mol. The highest BCUT2D eigenvalue weighted by Crippen LogP contribution is 2.42. The maximum Gasteiger partial charge on any atom is 0.336 e. The summed E-state index contributed by atoms with van der Waals surface area (Å²) in [6.45, 7) is 10.9. The summed E-state index contributed by atoms with van der Waals surface area (Å²) in [6.07, 6.45) is -0.528. The largest absolute Gasteiger partial charge is 0.463 e. The number of carbonyl (C=O) groups excluding carboxylic acids is 2. The van der Waals surface area contributed by atoms with Gasteiger partial charge in [-0.3, -0.25) is 4.79 Å². The lowest BCUT2D eigenvalue weighted by Crippen LogP contribution is -2.48. The van der Waals surface area contributed by atoms with Gasteiger partial charge in [0.05, 0.1) is 23.7 Å². The Bertz CT molecular complexity index is 741. The molecule has 3 atom stereocenters. The Hall–Kier alpha value is -2.01. The molecule has 1 aliphatic heterocycles. The molecule has 0 radical (unpaired) electrons. The lowest BCUT2D eigenvalue weighted by molar-refractivity contribution is -0.154. The Morgan fingerprint density at radius 1 is 1.07 bits per heavy atom. The first kappa shape index (κ1) is 21.3. The van der Waals surface area contributed by atoms with Crippen molar-refractivity contribution in [3.05, 3.63) is 46.1 Å². The van der Waals surface area contributed by atoms with Gasteiger partial charge in [-0.05, 0) is 53.2 Å². The highest BCUT2D eigenvalue weighted by Gasteiger charge is 2.45. The molecule has 27 heavy (non-hydrogen) atoms. The number of nitrogens with one attached hydrogen (secondary N) is 1. The summed E-state index contributed by atoms with van der Waals surface area (Å²) in [6, 6.07) is 7.04. The Kier molecular flexibility index (Phi) is 6.93. The van der Waals surface area contributed by atoms with E-state index in [0.717, 1.165) is 0 Å². The fourth-order valence-corrected chi connectivity index (χ4v) is 3.75. The highest BCUT2D eigenvalue weighted by atomic mass is 35.5. The summed E-state index contributed by atoms with van der Waals surface area (Å²) in [5, 5.41) is 3.74. The summed E-state index contributed by atoms with van der Waals surface area (Å²) in [5.41, 5.74) is 1.82. The fraction of sp³-hybridized carbons (Fsp3) is 0.524. The van der Waals surface area contributed by atoms with E-state index in [0.29, 0.717) is 21.9 Å². The second-order valence-electron chi connectivity index (χ2n) is 7.44. The van der Waals surface area contributed by atoms with Gasteiger partial charge in [0.15, 0.2) is 0 Å². The third-order valence-corrected chi connectivity index (χ3v) is 4.83. The van der Waals surface area contributed by atoms with Crippen LogP contribution in [0.5, 0.6) is 0 Å². The molecular weight excluding hydrogens is 366 g/mol. The van der Waals surface area contributed by atoms with Gasteiger partial charge in [-0.2, -0.15) is 0 Å². The maximum atomic E-state index is 12.9. The van der Waals surface area contributed by atoms with Crippen LogP contribution in [-0.4, -0.2) is 30.2 Å². The van der Waals surface area contributed by atoms with Crippen molar-refractivity contribution in [2.75, 3.05) is 0 Å². The minimum absolute atomic E-state index is 0.229. The van der Waals surface area contributed by atoms with Gasteiger partial charge in [0.2, 0.25) is 0 Å². The molecule has 0 saturated carbocycles. The van der Waals surface area contributed by atoms with Crippen LogP contribution in [0.3, 0.4) is 0 Å². The van der Waals surface area contributed by atoms with Gasteiger partial charge < -0.3 is 14.8 Å². The Labute approximate surface area is 166 Å². The van der Waals surface area contributed by atoms with Crippen LogP contribution in [-0.2, 0) is 19.1 Å². The molecule has 1 N–H and O–H groups in total. The van der Waals surface area contributed by atoms with Gasteiger partial charge in [-0.15, -0.1) is 0 Å². The number of rotatable bonds is 5. The number of carbonyl (C=O) groups is 2. The van der Waals surface area contributed by atoms with Crippen LogP contribution in [0.25, 0.3) is 0 Å². The quantitative estimate of drug-likeness (QED) is 0.759. The average Bonchev–Trinajstić information content (AvgIpc) is 2.52. The molecule has 6 heteroatoms. The molecule has 1 aromatic carbocycles. The van der Waals surface area contributed by atoms with E-state index < -0.39 is 17.8 Å². The second-order valence-corrected chi connectivity index (χ2v) is 7.84. The zero-order chi connectivity index (χ0) is 20.3. The van der Waals surface area contributed by atoms with Gasteiger partial charge in [-0.25, -0.2) is 4.79 Å². The topological polar surface area (TPSA) is 64.6 Å². The number of esters is 2. The molecule has 2 rings (SSSR count). The molecule has 5 nitrogen and oxygen atoms in total. The van der Waals surface area contributed by atoms with Gasteiger partial charge in [0.1, 0.15) is 0 Å². The maximum absolute atomic E-state index is 12.9. The minimum atomic E-state index is -0.606. The predicted molar refractivity (Wildman–Crippen MR) is 105 cm³/mol. The summed E-state index contributed by atoms with van der Waals surface area (Å²) in [7, 11) is 0. The summed E-state index contributed by atoms with van der Waals surface area (Å²) >= 11 is 6.46. The molecule has 148 valence electrons. The molecule has 1 aromatic rings. The molecule has 3 unspecified atom stereocenters. The van der Waals surface area contributed by atoms with E-state index in [9.17, 15) is 9.59 Å². The van der Waals surface area contributed by atoms with E-state index in [-0.39, 0.29) is 24.2 Å². The fourth-order valence-electron chi connectivity index (χ4n) is 3.50. The number of halogens is 1. The third kappa shape index (κ3) is 4.83. The number of ether oxygens (including phenoxy) is 2. The van der Waals surface area contributed by atoms with Crippen LogP contribution in [0.15, 0.2) is 35.5 Å². The number of benzene rings is 1. The second kappa shape index (κ2) is 8.79. The van der Waals surface area contributed by atoms with Gasteiger partial charge >= 0.3 is 11.9 Å². The first-order valence-corrected chi connectivity index (χ1v) is 9.64. The van der Waals surface area contributed by atoms with Crippen LogP contribution in [0.2, 0.25) is 5.02 Å². The minimum Gasteiger partial charge on any atom is -0.463 e. The van der Waals surface area contributed by atoms with Crippen molar-refractivity contribution in [1.29, 1.82) is 0 Å². The van der Waals surface area contributed by atoms with E-state index in [4.69, 9.17) is 21.1 Å². The van der Waals surface area contributed by atoms with Crippen LogP contribution >= 0.6 is 11.6 Å². The van der Waals surface area contributed by atoms with Crippen molar-refractivity contribution in [3.63, 3.8) is 0 Å². The van der Waals surface area contributed by atoms with E-state index in [2.05, 4.69) is 5.32 Å². The normalized spacial score (nSPS) is 22.6. The van der Waals surface area contributed by atoms with E-state index >= 15 is 0 Å². The summed E-state index contributed by atoms with van der Waals surface area (Å²) < 4.78 is 11.0. The lowest BCUT2D eigenvalue weighted by Gasteiger charge is -2.38. The van der Waals surface area contributed by atoms with Crippen molar-refractivity contribution >= 4 is 23.5 Å². The van der Waals surface area contributed by atoms with Crippen molar-refractivity contribution < 1.29 is 19.1 Å². The van der Waals surface area contributed by atoms with Gasteiger partial charge in [0.25, 0.3) is 0 Å². The van der Waals surface area contributed by atoms with Crippen LogP contribution in [0, 0.1) is 5.92 Å². The SMILES string of the molecule is CC1=C(C(=O)OC(C)C)C(c2ccccc2Cl)C(C(=O)OC(C)C)C(C)N1. The van der Waals surface area contributed by atoms with Crippen LogP contribution < -0.4 is 5.32 Å². The van der Waals surface area contributed by atoms with Crippen molar-refractivity contribution in [1.82, 2.24) is 5.32 Å². The molecular formula is C21H28ClNO4. The molecule has 0 saturated heterocycles. The summed E-state index contributed by atoms with van der Waals surface area (Å²) in [5.74, 6) is -1.97. The number of allylic oxidation sites excluding steroid dienone is 1. The zero-order valence-corrected chi connectivity index (χ0v) is 17.5. The molecule has 0 amide bonds. The highest BCUT2D eigenvalue weighted by molar-refractivity contribution is 6.31. The first-order chi connectivity index (χ1) is 12.6. The van der Waals surface area contributed by atoms with Crippen molar-refractivity contribution in [2.24, 2.45) is 5.92 Å². The molecule has 1 heterocycles. The Morgan fingerprint density at radius 2 is 1.67 bits per heavy atom. The molecule has 0 bridgehead atoms. The predicted octanol–water partition coefficient (Wildman–Crippen LogP) is 4.21.